The van der Waals surface area contributed by atoms with Crippen LogP contribution in [0.25, 0.3) is 0 Å². The van der Waals surface area contributed by atoms with Crippen LogP contribution in [0.15, 0.2) is 59.6 Å². The maximum atomic E-state index is 13.1. The van der Waals surface area contributed by atoms with Gasteiger partial charge in [-0.2, -0.15) is 0 Å². The number of ether oxygens (including phenoxy) is 1. The number of hydrogen-bond acceptors (Lipinski definition) is 3. The third-order valence-electron chi connectivity index (χ3n) is 3.53. The van der Waals surface area contributed by atoms with Crippen molar-refractivity contribution in [3.63, 3.8) is 0 Å². The predicted octanol–water partition coefficient (Wildman–Crippen LogP) is 2.35. The van der Waals surface area contributed by atoms with Gasteiger partial charge in [0.25, 0.3) is 0 Å². The van der Waals surface area contributed by atoms with Gasteiger partial charge in [0, 0.05) is 19.8 Å². The average molecular weight is 358 g/mol. The van der Waals surface area contributed by atoms with E-state index in [2.05, 4.69) is 15.6 Å². The molecule has 0 bridgehead atoms. The SMILES string of the molecule is CN=C(NCC(=O)Nc1cccc(F)c1)N(C)CCOc1ccccc1. The van der Waals surface area contributed by atoms with Crippen LogP contribution in [-0.4, -0.2) is 50.6 Å². The first-order valence-electron chi connectivity index (χ1n) is 8.23. The van der Waals surface area contributed by atoms with Crippen molar-refractivity contribution >= 4 is 17.6 Å². The van der Waals surface area contributed by atoms with E-state index in [1.165, 1.54) is 18.2 Å². The molecule has 2 aromatic carbocycles. The molecule has 0 unspecified atom stereocenters. The maximum Gasteiger partial charge on any atom is 0.243 e. The summed E-state index contributed by atoms with van der Waals surface area (Å²) in [6.07, 6.45) is 0. The zero-order valence-corrected chi connectivity index (χ0v) is 14.9. The summed E-state index contributed by atoms with van der Waals surface area (Å²) in [6.45, 7) is 1.10. The molecule has 26 heavy (non-hydrogen) atoms. The van der Waals surface area contributed by atoms with Crippen LogP contribution >= 0.6 is 0 Å². The van der Waals surface area contributed by atoms with Crippen molar-refractivity contribution in [2.75, 3.05) is 39.1 Å². The largest absolute Gasteiger partial charge is 0.492 e. The second kappa shape index (κ2) is 10.0. The minimum Gasteiger partial charge on any atom is -0.492 e. The molecule has 0 atom stereocenters. The molecule has 2 aromatic rings. The van der Waals surface area contributed by atoms with Gasteiger partial charge in [-0.15, -0.1) is 0 Å². The van der Waals surface area contributed by atoms with Crippen molar-refractivity contribution in [2.24, 2.45) is 4.99 Å². The standard InChI is InChI=1S/C19H23FN4O2/c1-21-19(24(2)11-12-26-17-9-4-3-5-10-17)22-14-18(25)23-16-8-6-7-15(20)13-16/h3-10,13H,11-12,14H2,1-2H3,(H,21,22)(H,23,25). The Labute approximate surface area is 152 Å². The Hall–Kier alpha value is -3.09. The number of para-hydroxylation sites is 1. The first kappa shape index (κ1) is 19.2. The molecular formula is C19H23FN4O2. The first-order valence-corrected chi connectivity index (χ1v) is 8.23. The lowest BCUT2D eigenvalue weighted by atomic mass is 10.3. The molecule has 0 radical (unpaired) electrons. The van der Waals surface area contributed by atoms with E-state index in [1.807, 2.05) is 42.3 Å². The van der Waals surface area contributed by atoms with E-state index in [9.17, 15) is 9.18 Å². The number of nitrogens with one attached hydrogen (secondary N) is 2. The number of hydrogen-bond donors (Lipinski definition) is 2. The highest BCUT2D eigenvalue weighted by molar-refractivity contribution is 5.94. The van der Waals surface area contributed by atoms with Crippen molar-refractivity contribution in [2.45, 2.75) is 0 Å². The third-order valence-corrected chi connectivity index (χ3v) is 3.53. The summed E-state index contributed by atoms with van der Waals surface area (Å²) in [5.74, 6) is 0.685. The summed E-state index contributed by atoms with van der Waals surface area (Å²) < 4.78 is 18.8. The smallest absolute Gasteiger partial charge is 0.243 e. The topological polar surface area (TPSA) is 66.0 Å². The molecule has 0 aromatic heterocycles. The van der Waals surface area contributed by atoms with Gasteiger partial charge in [-0.05, 0) is 30.3 Å². The zero-order chi connectivity index (χ0) is 18.8. The lowest BCUT2D eigenvalue weighted by Gasteiger charge is -2.22. The molecule has 2 rings (SSSR count). The summed E-state index contributed by atoms with van der Waals surface area (Å²) >= 11 is 0. The van der Waals surface area contributed by atoms with Crippen LogP contribution in [0, 0.1) is 5.82 Å². The number of aliphatic imine (C=N–C) groups is 1. The molecular weight excluding hydrogens is 335 g/mol. The fraction of sp³-hybridized carbons (Fsp3) is 0.263. The fourth-order valence-electron chi connectivity index (χ4n) is 2.24. The minimum atomic E-state index is -0.398. The van der Waals surface area contributed by atoms with E-state index in [0.29, 0.717) is 24.8 Å². The molecule has 0 spiro atoms. The monoisotopic (exact) mass is 358 g/mol. The quantitative estimate of drug-likeness (QED) is 0.589. The number of likely N-dealkylation sites (N-methyl/N-ethyl adjacent to an activating group) is 1. The zero-order valence-electron chi connectivity index (χ0n) is 14.9. The molecule has 1 amide bonds. The van der Waals surface area contributed by atoms with Gasteiger partial charge in [0.05, 0.1) is 13.1 Å². The Bertz CT molecular complexity index is 737. The molecule has 0 aliphatic carbocycles. The summed E-state index contributed by atoms with van der Waals surface area (Å²) in [4.78, 5) is 18.0. The number of rotatable bonds is 7. The molecule has 7 heteroatoms. The number of anilines is 1. The third kappa shape index (κ3) is 6.43. The van der Waals surface area contributed by atoms with Gasteiger partial charge in [0.1, 0.15) is 18.2 Å². The highest BCUT2D eigenvalue weighted by Crippen LogP contribution is 2.09. The Morgan fingerprint density at radius 2 is 1.96 bits per heavy atom. The molecule has 0 fully saturated rings. The summed E-state index contributed by atoms with van der Waals surface area (Å²) in [5, 5.41) is 5.59. The molecule has 0 aliphatic rings. The number of carbonyl (C=O) groups excluding carboxylic acids is 1. The number of carbonyl (C=O) groups is 1. The molecule has 6 nitrogen and oxygen atoms in total. The van der Waals surface area contributed by atoms with E-state index in [0.717, 1.165) is 5.75 Å². The van der Waals surface area contributed by atoms with Crippen LogP contribution in [0.2, 0.25) is 0 Å². The average Bonchev–Trinajstić information content (AvgIpc) is 2.63. The van der Waals surface area contributed by atoms with Gasteiger partial charge in [0.15, 0.2) is 5.96 Å². The summed E-state index contributed by atoms with van der Waals surface area (Å²) in [7, 11) is 3.50. The van der Waals surface area contributed by atoms with Crippen LogP contribution in [0.4, 0.5) is 10.1 Å². The van der Waals surface area contributed by atoms with Gasteiger partial charge in [0.2, 0.25) is 5.91 Å². The first-order chi connectivity index (χ1) is 12.6. The normalized spacial score (nSPS) is 11.0. The van der Waals surface area contributed by atoms with Gasteiger partial charge < -0.3 is 20.3 Å². The number of benzene rings is 2. The van der Waals surface area contributed by atoms with Crippen molar-refractivity contribution in [3.05, 3.63) is 60.4 Å². The highest BCUT2D eigenvalue weighted by atomic mass is 19.1. The van der Waals surface area contributed by atoms with Crippen molar-refractivity contribution in [1.82, 2.24) is 10.2 Å². The van der Waals surface area contributed by atoms with Crippen LogP contribution < -0.4 is 15.4 Å². The fourth-order valence-corrected chi connectivity index (χ4v) is 2.24. The Morgan fingerprint density at radius 1 is 1.19 bits per heavy atom. The second-order valence-corrected chi connectivity index (χ2v) is 5.54. The number of guanidine groups is 1. The van der Waals surface area contributed by atoms with E-state index in [4.69, 9.17) is 4.74 Å². The molecule has 0 saturated carbocycles. The molecule has 0 heterocycles. The van der Waals surface area contributed by atoms with Gasteiger partial charge in [-0.25, -0.2) is 4.39 Å². The summed E-state index contributed by atoms with van der Waals surface area (Å²) in [6, 6.07) is 15.3. The number of amides is 1. The van der Waals surface area contributed by atoms with E-state index in [-0.39, 0.29) is 12.5 Å². The maximum absolute atomic E-state index is 13.1. The van der Waals surface area contributed by atoms with Crippen LogP contribution in [0.3, 0.4) is 0 Å². The van der Waals surface area contributed by atoms with Crippen molar-refractivity contribution < 1.29 is 13.9 Å². The van der Waals surface area contributed by atoms with Gasteiger partial charge in [-0.1, -0.05) is 24.3 Å². The Balaban J connectivity index is 1.74. The highest BCUT2D eigenvalue weighted by Gasteiger charge is 2.09. The van der Waals surface area contributed by atoms with E-state index >= 15 is 0 Å². The predicted molar refractivity (Wildman–Crippen MR) is 101 cm³/mol. The molecule has 138 valence electrons. The molecule has 2 N–H and O–H groups in total. The van der Waals surface area contributed by atoms with Crippen LogP contribution in [0.5, 0.6) is 5.75 Å². The number of nitrogens with zero attached hydrogens (tertiary/aromatic N) is 2. The molecule has 0 saturated heterocycles. The van der Waals surface area contributed by atoms with Gasteiger partial charge in [-0.3, -0.25) is 9.79 Å². The minimum absolute atomic E-state index is 0.0209. The Morgan fingerprint density at radius 3 is 2.65 bits per heavy atom. The number of halogens is 1. The Kier molecular flexibility index (Phi) is 7.42. The van der Waals surface area contributed by atoms with E-state index in [1.54, 1.807) is 13.1 Å². The summed E-state index contributed by atoms with van der Waals surface area (Å²) in [5.41, 5.74) is 0.413. The lowest BCUT2D eigenvalue weighted by Crippen LogP contribution is -2.43. The second-order valence-electron chi connectivity index (χ2n) is 5.54. The van der Waals surface area contributed by atoms with Gasteiger partial charge >= 0.3 is 0 Å². The van der Waals surface area contributed by atoms with Crippen molar-refractivity contribution in [1.29, 1.82) is 0 Å². The molecule has 0 aliphatic heterocycles. The van der Waals surface area contributed by atoms with Crippen LogP contribution in [0.1, 0.15) is 0 Å². The van der Waals surface area contributed by atoms with Crippen molar-refractivity contribution in [3.8, 4) is 5.75 Å². The van der Waals surface area contributed by atoms with E-state index < -0.39 is 5.82 Å². The lowest BCUT2D eigenvalue weighted by molar-refractivity contribution is -0.115. The van der Waals surface area contributed by atoms with Crippen LogP contribution in [-0.2, 0) is 4.79 Å².